The highest BCUT2D eigenvalue weighted by Gasteiger charge is 2.19. The number of methoxy groups -OCH3 is 1. The first-order valence-corrected chi connectivity index (χ1v) is 8.07. The van der Waals surface area contributed by atoms with Gasteiger partial charge >= 0.3 is 0 Å². The summed E-state index contributed by atoms with van der Waals surface area (Å²) in [5.74, 6) is 0.872. The molecule has 0 spiro atoms. The fourth-order valence-corrected chi connectivity index (χ4v) is 2.41. The zero-order valence-electron chi connectivity index (χ0n) is 15.7. The highest BCUT2D eigenvalue weighted by Crippen LogP contribution is 2.13. The molecule has 22 heavy (non-hydrogen) atoms. The van der Waals surface area contributed by atoms with Crippen LogP contribution in [0.3, 0.4) is 0 Å². The maximum atomic E-state index is 5.07. The van der Waals surface area contributed by atoms with Gasteiger partial charge in [-0.15, -0.1) is 0 Å². The molecule has 0 aromatic heterocycles. The van der Waals surface area contributed by atoms with Crippen LogP contribution in [0.5, 0.6) is 0 Å². The zero-order chi connectivity index (χ0) is 17.0. The Bertz CT molecular complexity index is 305. The molecule has 0 atom stereocenters. The highest BCUT2D eigenvalue weighted by atomic mass is 16.5. The summed E-state index contributed by atoms with van der Waals surface area (Å²) in [5, 5.41) is 6.78. The van der Waals surface area contributed by atoms with Crippen LogP contribution in [-0.2, 0) is 4.74 Å². The summed E-state index contributed by atoms with van der Waals surface area (Å²) in [5.41, 5.74) is 0.206. The monoisotopic (exact) mass is 315 g/mol. The lowest BCUT2D eigenvalue weighted by Gasteiger charge is -2.29. The topological polar surface area (TPSA) is 52.1 Å². The van der Waals surface area contributed by atoms with Crippen molar-refractivity contribution in [2.75, 3.05) is 74.6 Å². The van der Waals surface area contributed by atoms with Crippen LogP contribution >= 0.6 is 0 Å². The third-order valence-electron chi connectivity index (χ3n) is 3.38. The summed E-state index contributed by atoms with van der Waals surface area (Å²) in [6.45, 7) is 10.2. The smallest absolute Gasteiger partial charge is 0.191 e. The largest absolute Gasteiger partial charge is 0.385 e. The SMILES string of the molecule is CN=C(NCCN(C)CCCOC)NCC(C)(C)CN(C)C. The van der Waals surface area contributed by atoms with Gasteiger partial charge in [-0.25, -0.2) is 0 Å². The summed E-state index contributed by atoms with van der Waals surface area (Å²) in [4.78, 5) is 8.80. The number of nitrogens with one attached hydrogen (secondary N) is 2. The minimum absolute atomic E-state index is 0.206. The van der Waals surface area contributed by atoms with Crippen LogP contribution in [-0.4, -0.2) is 90.4 Å². The number of hydrogen-bond donors (Lipinski definition) is 2. The van der Waals surface area contributed by atoms with Crippen molar-refractivity contribution in [1.29, 1.82) is 0 Å². The number of nitrogens with zero attached hydrogens (tertiary/aromatic N) is 3. The van der Waals surface area contributed by atoms with Crippen molar-refractivity contribution in [3.63, 3.8) is 0 Å². The van der Waals surface area contributed by atoms with Crippen LogP contribution < -0.4 is 10.6 Å². The predicted molar refractivity (Wildman–Crippen MR) is 95.7 cm³/mol. The number of aliphatic imine (C=N–C) groups is 1. The van der Waals surface area contributed by atoms with Gasteiger partial charge in [-0.3, -0.25) is 4.99 Å². The van der Waals surface area contributed by atoms with E-state index in [0.29, 0.717) is 0 Å². The second-order valence-corrected chi connectivity index (χ2v) is 6.90. The first-order chi connectivity index (χ1) is 10.3. The molecule has 0 aromatic carbocycles. The van der Waals surface area contributed by atoms with Crippen molar-refractivity contribution in [2.45, 2.75) is 20.3 Å². The molecule has 0 aromatic rings. The molecule has 132 valence electrons. The van der Waals surface area contributed by atoms with Crippen molar-refractivity contribution in [3.05, 3.63) is 0 Å². The lowest BCUT2D eigenvalue weighted by atomic mass is 9.93. The first kappa shape index (κ1) is 21.1. The Morgan fingerprint density at radius 1 is 1.14 bits per heavy atom. The van der Waals surface area contributed by atoms with Gasteiger partial charge in [0.05, 0.1) is 0 Å². The van der Waals surface area contributed by atoms with Crippen molar-refractivity contribution in [2.24, 2.45) is 10.4 Å². The van der Waals surface area contributed by atoms with E-state index in [1.165, 1.54) is 0 Å². The van der Waals surface area contributed by atoms with Crippen LogP contribution in [0.1, 0.15) is 20.3 Å². The van der Waals surface area contributed by atoms with Crippen LogP contribution in [0, 0.1) is 5.41 Å². The summed E-state index contributed by atoms with van der Waals surface area (Å²) >= 11 is 0. The van der Waals surface area contributed by atoms with Gasteiger partial charge in [0.15, 0.2) is 5.96 Å². The summed E-state index contributed by atoms with van der Waals surface area (Å²) in [6.07, 6.45) is 1.07. The van der Waals surface area contributed by atoms with Crippen LogP contribution in [0.4, 0.5) is 0 Å². The van der Waals surface area contributed by atoms with Gasteiger partial charge in [0.2, 0.25) is 0 Å². The first-order valence-electron chi connectivity index (χ1n) is 8.07. The van der Waals surface area contributed by atoms with Gasteiger partial charge in [0.1, 0.15) is 0 Å². The van der Waals surface area contributed by atoms with Crippen LogP contribution in [0.15, 0.2) is 4.99 Å². The molecule has 6 nitrogen and oxygen atoms in total. The fraction of sp³-hybridized carbons (Fsp3) is 0.938. The van der Waals surface area contributed by atoms with Crippen molar-refractivity contribution >= 4 is 5.96 Å². The van der Waals surface area contributed by atoms with Gasteiger partial charge in [0, 0.05) is 53.5 Å². The molecule has 0 rings (SSSR count). The van der Waals surface area contributed by atoms with E-state index < -0.39 is 0 Å². The third-order valence-corrected chi connectivity index (χ3v) is 3.38. The van der Waals surface area contributed by atoms with Gasteiger partial charge in [-0.05, 0) is 33.0 Å². The summed E-state index contributed by atoms with van der Waals surface area (Å²) < 4.78 is 5.07. The third kappa shape index (κ3) is 11.8. The normalized spacial score (nSPS) is 13.0. The van der Waals surface area contributed by atoms with E-state index in [-0.39, 0.29) is 5.41 Å². The lowest BCUT2D eigenvalue weighted by Crippen LogP contribution is -2.46. The zero-order valence-corrected chi connectivity index (χ0v) is 15.7. The van der Waals surface area contributed by atoms with Crippen LogP contribution in [0.25, 0.3) is 0 Å². The lowest BCUT2D eigenvalue weighted by molar-refractivity contribution is 0.180. The molecule has 0 bridgehead atoms. The van der Waals surface area contributed by atoms with Gasteiger partial charge in [0.25, 0.3) is 0 Å². The van der Waals surface area contributed by atoms with E-state index in [9.17, 15) is 0 Å². The summed E-state index contributed by atoms with van der Waals surface area (Å²) in [7, 11) is 9.90. The molecule has 0 amide bonds. The Kier molecular flexibility index (Phi) is 11.2. The maximum Gasteiger partial charge on any atom is 0.191 e. The average molecular weight is 316 g/mol. The molecule has 0 aliphatic carbocycles. The molecule has 0 aliphatic heterocycles. The molecular formula is C16H37N5O. The second-order valence-electron chi connectivity index (χ2n) is 6.90. The Labute approximate surface area is 137 Å². The fourth-order valence-electron chi connectivity index (χ4n) is 2.41. The van der Waals surface area contributed by atoms with Crippen molar-refractivity contribution < 1.29 is 4.74 Å². The highest BCUT2D eigenvalue weighted by molar-refractivity contribution is 5.79. The minimum Gasteiger partial charge on any atom is -0.385 e. The number of likely N-dealkylation sites (N-methyl/N-ethyl adjacent to an activating group) is 1. The van der Waals surface area contributed by atoms with E-state index in [2.05, 4.69) is 60.4 Å². The van der Waals surface area contributed by atoms with E-state index in [1.54, 1.807) is 7.11 Å². The average Bonchev–Trinajstić information content (AvgIpc) is 2.41. The van der Waals surface area contributed by atoms with E-state index >= 15 is 0 Å². The van der Waals surface area contributed by atoms with Crippen LogP contribution in [0.2, 0.25) is 0 Å². The van der Waals surface area contributed by atoms with E-state index in [0.717, 1.165) is 51.7 Å². The molecule has 6 heteroatoms. The minimum atomic E-state index is 0.206. The Morgan fingerprint density at radius 3 is 2.36 bits per heavy atom. The molecule has 0 radical (unpaired) electrons. The molecule has 0 saturated heterocycles. The Morgan fingerprint density at radius 2 is 1.82 bits per heavy atom. The standard InChI is InChI=1S/C16H37N5O/c1-16(2,14-20(4)5)13-19-15(17-3)18-9-11-21(6)10-8-12-22-7/h8-14H2,1-7H3,(H2,17,18,19). The molecule has 2 N–H and O–H groups in total. The number of hydrogen-bond acceptors (Lipinski definition) is 4. The van der Waals surface area contributed by atoms with E-state index in [4.69, 9.17) is 4.74 Å². The maximum absolute atomic E-state index is 5.07. The second kappa shape index (κ2) is 11.7. The number of ether oxygens (including phenoxy) is 1. The van der Waals surface area contributed by atoms with Crippen molar-refractivity contribution in [3.8, 4) is 0 Å². The Balaban J connectivity index is 3.93. The molecular weight excluding hydrogens is 278 g/mol. The van der Waals surface area contributed by atoms with E-state index in [1.807, 2.05) is 7.05 Å². The van der Waals surface area contributed by atoms with Gasteiger partial charge in [-0.2, -0.15) is 0 Å². The Hall–Kier alpha value is -0.850. The molecule has 0 fully saturated rings. The van der Waals surface area contributed by atoms with Crippen molar-refractivity contribution in [1.82, 2.24) is 20.4 Å². The predicted octanol–water partition coefficient (Wildman–Crippen LogP) is 0.708. The number of rotatable bonds is 11. The number of guanidine groups is 1. The molecule has 0 aliphatic rings. The van der Waals surface area contributed by atoms with Gasteiger partial charge < -0.3 is 25.2 Å². The summed E-state index contributed by atoms with van der Waals surface area (Å²) in [6, 6.07) is 0. The molecule has 0 saturated carbocycles. The van der Waals surface area contributed by atoms with Gasteiger partial charge in [-0.1, -0.05) is 13.8 Å². The molecule has 0 heterocycles. The quantitative estimate of drug-likeness (QED) is 0.334. The molecule has 0 unspecified atom stereocenters.